The summed E-state index contributed by atoms with van der Waals surface area (Å²) >= 11 is 0. The first kappa shape index (κ1) is 81.1. The average molecular weight is 1230 g/mol. The van der Waals surface area contributed by atoms with Crippen LogP contribution in [0.3, 0.4) is 0 Å². The van der Waals surface area contributed by atoms with Gasteiger partial charge in [0.25, 0.3) is 0 Å². The smallest absolute Gasteiger partial charge is 0.462 e. The molecule has 0 saturated carbocycles. The molecule has 0 rings (SSSR count). The SMILES string of the molecule is CCC(C)CCCCCCCCC(=O)OC[C@H](COP(=O)(O)OC[C@H](O)COP(=O)(O)OC[C@@H](COC(=O)CCCCCCCCCC(C)C)OC(=O)CCCCCCCCCCCCC(C)C)OC(=O)CCCCCCCCCC(C)C. The number of phosphoric ester groups is 2. The van der Waals surface area contributed by atoms with Crippen LogP contribution in [0.2, 0.25) is 0 Å². The first-order valence-corrected chi connectivity index (χ1v) is 36.2. The van der Waals surface area contributed by atoms with Crippen LogP contribution in [0, 0.1) is 23.7 Å². The fourth-order valence-electron chi connectivity index (χ4n) is 9.40. The minimum Gasteiger partial charge on any atom is -0.462 e. The lowest BCUT2D eigenvalue weighted by atomic mass is 10.00. The summed E-state index contributed by atoms with van der Waals surface area (Å²) in [7, 11) is -9.89. The van der Waals surface area contributed by atoms with E-state index in [1.54, 1.807) is 0 Å². The lowest BCUT2D eigenvalue weighted by molar-refractivity contribution is -0.161. The van der Waals surface area contributed by atoms with E-state index in [0.717, 1.165) is 115 Å². The maximum Gasteiger partial charge on any atom is 0.472 e. The summed E-state index contributed by atoms with van der Waals surface area (Å²) in [6, 6.07) is 0. The number of phosphoric acid groups is 2. The van der Waals surface area contributed by atoms with Gasteiger partial charge in [-0.3, -0.25) is 37.3 Å². The Morgan fingerprint density at radius 2 is 0.578 bits per heavy atom. The van der Waals surface area contributed by atoms with E-state index >= 15 is 0 Å². The third kappa shape index (κ3) is 57.6. The van der Waals surface area contributed by atoms with Crippen LogP contribution in [0.4, 0.5) is 0 Å². The van der Waals surface area contributed by atoms with Crippen LogP contribution in [0.15, 0.2) is 0 Å². The van der Waals surface area contributed by atoms with E-state index in [2.05, 4.69) is 55.4 Å². The van der Waals surface area contributed by atoms with Crippen LogP contribution in [-0.4, -0.2) is 96.7 Å². The molecule has 0 aromatic heterocycles. The standard InChI is InChI=1S/C64H124O17P2/c1-9-57(8)43-35-27-22-23-29-37-45-62(67)75-51-60(81-64(69)47-39-31-21-15-18-26-34-42-56(6)7)53-79-83(72,73)77-49-58(65)48-76-82(70,71)78-52-59(50-74-61(66)44-36-28-20-14-17-25-33-41-55(4)5)80-63(68)46-38-30-19-13-11-10-12-16-24-32-40-54(2)3/h54-60,65H,9-53H2,1-8H3,(H,70,71)(H,72,73)/t57?,58-,59-,60-/m1/s1. The molecule has 0 aliphatic carbocycles. The van der Waals surface area contributed by atoms with Gasteiger partial charge in [0.2, 0.25) is 0 Å². The molecule has 0 aliphatic heterocycles. The molecule has 0 fully saturated rings. The van der Waals surface area contributed by atoms with E-state index in [9.17, 15) is 43.2 Å². The van der Waals surface area contributed by atoms with Crippen LogP contribution >= 0.6 is 15.6 Å². The highest BCUT2D eigenvalue weighted by Gasteiger charge is 2.30. The molecule has 17 nitrogen and oxygen atoms in total. The van der Waals surface area contributed by atoms with Gasteiger partial charge in [0.05, 0.1) is 26.4 Å². The van der Waals surface area contributed by atoms with Gasteiger partial charge < -0.3 is 33.8 Å². The van der Waals surface area contributed by atoms with E-state index in [1.807, 2.05) is 0 Å². The molecule has 3 N–H and O–H groups in total. The Kier molecular flexibility index (Phi) is 53.0. The maximum absolute atomic E-state index is 13.0. The van der Waals surface area contributed by atoms with E-state index in [-0.39, 0.29) is 25.7 Å². The number of unbranched alkanes of at least 4 members (excludes halogenated alkanes) is 26. The Morgan fingerprint density at radius 1 is 0.337 bits per heavy atom. The predicted octanol–water partition coefficient (Wildman–Crippen LogP) is 17.4. The van der Waals surface area contributed by atoms with E-state index in [4.69, 9.17) is 37.0 Å². The van der Waals surface area contributed by atoms with Gasteiger partial charge in [0.15, 0.2) is 12.2 Å². The lowest BCUT2D eigenvalue weighted by Crippen LogP contribution is -2.30. The van der Waals surface area contributed by atoms with Crippen molar-refractivity contribution in [1.82, 2.24) is 0 Å². The average Bonchev–Trinajstić information content (AvgIpc) is 3.43. The molecule has 19 heteroatoms. The molecule has 0 amide bonds. The van der Waals surface area contributed by atoms with Crippen LogP contribution in [0.5, 0.6) is 0 Å². The monoisotopic (exact) mass is 1230 g/mol. The molecule has 6 atom stereocenters. The highest BCUT2D eigenvalue weighted by atomic mass is 31.2. The Labute approximate surface area is 505 Å². The fraction of sp³-hybridized carbons (Fsp3) is 0.938. The molecule has 0 aromatic carbocycles. The van der Waals surface area contributed by atoms with Crippen molar-refractivity contribution in [3.05, 3.63) is 0 Å². The fourth-order valence-corrected chi connectivity index (χ4v) is 11.0. The Morgan fingerprint density at radius 3 is 0.855 bits per heavy atom. The summed E-state index contributed by atoms with van der Waals surface area (Å²) in [6.07, 6.45) is 33.6. The molecule has 0 radical (unpaired) electrons. The zero-order valence-corrected chi connectivity index (χ0v) is 55.6. The van der Waals surface area contributed by atoms with Gasteiger partial charge in [0, 0.05) is 25.7 Å². The number of hydrogen-bond donors (Lipinski definition) is 3. The quantitative estimate of drug-likeness (QED) is 0.0222. The van der Waals surface area contributed by atoms with Crippen LogP contribution < -0.4 is 0 Å². The molecule has 3 unspecified atom stereocenters. The van der Waals surface area contributed by atoms with Gasteiger partial charge in [-0.1, -0.05) is 254 Å². The van der Waals surface area contributed by atoms with Crippen molar-refractivity contribution in [3.8, 4) is 0 Å². The number of ether oxygens (including phenoxy) is 4. The highest BCUT2D eigenvalue weighted by molar-refractivity contribution is 7.47. The number of carbonyl (C=O) groups excluding carboxylic acids is 4. The van der Waals surface area contributed by atoms with E-state index in [0.29, 0.717) is 37.5 Å². The van der Waals surface area contributed by atoms with Gasteiger partial charge in [-0.25, -0.2) is 9.13 Å². The molecule has 0 aromatic rings. The number of carbonyl (C=O) groups is 4. The Bertz CT molecular complexity index is 1660. The number of rotatable bonds is 61. The number of aliphatic hydroxyl groups excluding tert-OH is 1. The van der Waals surface area contributed by atoms with Crippen LogP contribution in [0.25, 0.3) is 0 Å². The Balaban J connectivity index is 5.26. The van der Waals surface area contributed by atoms with E-state index in [1.165, 1.54) is 96.3 Å². The van der Waals surface area contributed by atoms with Crippen molar-refractivity contribution < 1.29 is 80.2 Å². The third-order valence-corrected chi connectivity index (χ3v) is 16.8. The van der Waals surface area contributed by atoms with E-state index < -0.39 is 97.5 Å². The third-order valence-electron chi connectivity index (χ3n) is 14.9. The summed E-state index contributed by atoms with van der Waals surface area (Å²) in [5.41, 5.74) is 0. The van der Waals surface area contributed by atoms with Crippen LogP contribution in [-0.2, 0) is 65.4 Å². The lowest BCUT2D eigenvalue weighted by Gasteiger charge is -2.21. The molecule has 0 aliphatic rings. The summed E-state index contributed by atoms with van der Waals surface area (Å²) in [5, 5.41) is 10.5. The van der Waals surface area contributed by atoms with Crippen molar-refractivity contribution in [2.45, 2.75) is 324 Å². The minimum atomic E-state index is -4.95. The summed E-state index contributed by atoms with van der Waals surface area (Å²) in [6.45, 7) is 13.9. The van der Waals surface area contributed by atoms with Crippen molar-refractivity contribution in [2.24, 2.45) is 23.7 Å². The molecule has 83 heavy (non-hydrogen) atoms. The zero-order chi connectivity index (χ0) is 61.8. The first-order chi connectivity index (χ1) is 39.6. The van der Waals surface area contributed by atoms with Gasteiger partial charge in [-0.15, -0.1) is 0 Å². The molecule has 0 bridgehead atoms. The Hall–Kier alpha value is -1.94. The second kappa shape index (κ2) is 54.2. The van der Waals surface area contributed by atoms with Gasteiger partial charge >= 0.3 is 39.5 Å². The van der Waals surface area contributed by atoms with Gasteiger partial charge in [0.1, 0.15) is 19.3 Å². The minimum absolute atomic E-state index is 0.102. The summed E-state index contributed by atoms with van der Waals surface area (Å²) in [5.74, 6) is 0.742. The van der Waals surface area contributed by atoms with Crippen molar-refractivity contribution >= 4 is 39.5 Å². The predicted molar refractivity (Wildman–Crippen MR) is 331 cm³/mol. The van der Waals surface area contributed by atoms with Gasteiger partial charge in [-0.05, 0) is 49.4 Å². The maximum atomic E-state index is 13.0. The number of esters is 4. The molecule has 492 valence electrons. The topological polar surface area (TPSA) is 237 Å². The largest absolute Gasteiger partial charge is 0.472 e. The highest BCUT2D eigenvalue weighted by Crippen LogP contribution is 2.45. The molecule has 0 heterocycles. The zero-order valence-electron chi connectivity index (χ0n) is 53.8. The van der Waals surface area contributed by atoms with Crippen LogP contribution in [0.1, 0.15) is 306 Å². The molecular weight excluding hydrogens is 1100 g/mol. The molecular formula is C64H124O17P2. The summed E-state index contributed by atoms with van der Waals surface area (Å²) in [4.78, 5) is 72.2. The van der Waals surface area contributed by atoms with Crippen molar-refractivity contribution in [3.63, 3.8) is 0 Å². The first-order valence-electron chi connectivity index (χ1n) is 33.2. The summed E-state index contributed by atoms with van der Waals surface area (Å²) < 4.78 is 68.0. The van der Waals surface area contributed by atoms with Crippen molar-refractivity contribution in [2.75, 3.05) is 39.6 Å². The number of aliphatic hydroxyl groups is 1. The molecule has 0 saturated heterocycles. The molecule has 0 spiro atoms. The second-order valence-electron chi connectivity index (χ2n) is 24.8. The van der Waals surface area contributed by atoms with Crippen molar-refractivity contribution in [1.29, 1.82) is 0 Å². The normalized spacial score (nSPS) is 14.8. The second-order valence-corrected chi connectivity index (χ2v) is 27.7. The number of hydrogen-bond acceptors (Lipinski definition) is 15. The van der Waals surface area contributed by atoms with Gasteiger partial charge in [-0.2, -0.15) is 0 Å².